The predicted octanol–water partition coefficient (Wildman–Crippen LogP) is 3.09. The van der Waals surface area contributed by atoms with Gasteiger partial charge in [0.05, 0.1) is 19.3 Å². The Morgan fingerprint density at radius 2 is 1.96 bits per heavy atom. The van der Waals surface area contributed by atoms with E-state index in [0.717, 1.165) is 11.4 Å². The number of Topliss-reactive ketones (excluding diaryl/α,β-unsaturated/α-hetero) is 1. The van der Waals surface area contributed by atoms with Crippen LogP contribution >= 0.6 is 11.8 Å². The van der Waals surface area contributed by atoms with Crippen molar-refractivity contribution in [2.45, 2.75) is 18.5 Å². The summed E-state index contributed by atoms with van der Waals surface area (Å²) in [6, 6.07) is 7.19. The maximum absolute atomic E-state index is 12.4. The molecule has 0 amide bonds. The van der Waals surface area contributed by atoms with E-state index < -0.39 is 11.8 Å². The lowest BCUT2D eigenvalue weighted by Crippen LogP contribution is -2.14. The van der Waals surface area contributed by atoms with Crippen LogP contribution in [-0.2, 0) is 9.53 Å². The number of thioether (sulfide) groups is 1. The van der Waals surface area contributed by atoms with E-state index in [9.17, 15) is 9.59 Å². The van der Waals surface area contributed by atoms with Crippen molar-refractivity contribution in [1.29, 1.82) is 0 Å². The molecule has 0 unspecified atom stereocenters. The zero-order valence-electron chi connectivity index (χ0n) is 14.2. The first-order valence-electron chi connectivity index (χ1n) is 7.58. The van der Waals surface area contributed by atoms with Gasteiger partial charge in [-0.1, -0.05) is 11.8 Å². The molecule has 0 aliphatic rings. The summed E-state index contributed by atoms with van der Waals surface area (Å²) in [6.45, 7) is 1.92. The van der Waals surface area contributed by atoms with Gasteiger partial charge in [-0.25, -0.2) is 9.97 Å². The lowest BCUT2D eigenvalue weighted by Gasteiger charge is -2.11. The maximum atomic E-state index is 12.4. The van der Waals surface area contributed by atoms with Gasteiger partial charge in [-0.2, -0.15) is 0 Å². The largest absolute Gasteiger partial charge is 0.497 e. The first-order valence-corrected chi connectivity index (χ1v) is 8.80. The topological polar surface area (TPSA) is 90.4 Å². The number of carbonyl (C=O) groups is 2. The molecule has 0 fully saturated rings. The van der Waals surface area contributed by atoms with Gasteiger partial charge in [0, 0.05) is 11.9 Å². The number of ether oxygens (including phenoxy) is 2. The molecule has 0 aliphatic carbocycles. The number of hydrogen-bond donors (Lipinski definition) is 1. The molecule has 1 N–H and O–H groups in total. The highest BCUT2D eigenvalue weighted by Crippen LogP contribution is 2.24. The minimum Gasteiger partial charge on any atom is -0.497 e. The SMILES string of the molecule is CCOC(=O)CC(=O)c1cnc(SC)nc1Nc1ccc(OC)cc1. The maximum Gasteiger partial charge on any atom is 0.313 e. The highest BCUT2D eigenvalue weighted by atomic mass is 32.2. The molecule has 1 aromatic carbocycles. The van der Waals surface area contributed by atoms with E-state index in [2.05, 4.69) is 15.3 Å². The molecule has 0 aliphatic heterocycles. The molecule has 2 aromatic rings. The second-order valence-corrected chi connectivity index (χ2v) is 5.65. The summed E-state index contributed by atoms with van der Waals surface area (Å²) in [7, 11) is 1.59. The Morgan fingerprint density at radius 1 is 1.24 bits per heavy atom. The van der Waals surface area contributed by atoms with Crippen LogP contribution in [0.1, 0.15) is 23.7 Å². The van der Waals surface area contributed by atoms with Crippen molar-refractivity contribution < 1.29 is 19.1 Å². The van der Waals surface area contributed by atoms with E-state index in [4.69, 9.17) is 9.47 Å². The fourth-order valence-corrected chi connectivity index (χ4v) is 2.35. The molecule has 1 aromatic heterocycles. The second-order valence-electron chi connectivity index (χ2n) is 4.88. The molecule has 7 nitrogen and oxygen atoms in total. The standard InChI is InChI=1S/C17H19N3O4S/c1-4-24-15(22)9-14(21)13-10-18-17(25-3)20-16(13)19-11-5-7-12(23-2)8-6-11/h5-8,10H,4,9H2,1-3H3,(H,18,19,20). The average molecular weight is 361 g/mol. The fraction of sp³-hybridized carbons (Fsp3) is 0.294. The number of methoxy groups -OCH3 is 1. The molecular weight excluding hydrogens is 342 g/mol. The van der Waals surface area contributed by atoms with Crippen molar-refractivity contribution >= 4 is 35.0 Å². The molecule has 132 valence electrons. The van der Waals surface area contributed by atoms with E-state index in [0.29, 0.717) is 11.0 Å². The van der Waals surface area contributed by atoms with Gasteiger partial charge >= 0.3 is 5.97 Å². The molecule has 0 saturated carbocycles. The number of rotatable bonds is 8. The molecule has 2 rings (SSSR count). The molecule has 0 bridgehead atoms. The van der Waals surface area contributed by atoms with Crippen molar-refractivity contribution in [3.05, 3.63) is 36.0 Å². The zero-order valence-corrected chi connectivity index (χ0v) is 15.1. The zero-order chi connectivity index (χ0) is 18.2. The molecule has 0 radical (unpaired) electrons. The van der Waals surface area contributed by atoms with E-state index in [1.807, 2.05) is 6.26 Å². The van der Waals surface area contributed by atoms with Crippen molar-refractivity contribution in [1.82, 2.24) is 9.97 Å². The summed E-state index contributed by atoms with van der Waals surface area (Å²) in [5, 5.41) is 3.61. The number of carbonyl (C=O) groups excluding carboxylic acids is 2. The third-order valence-corrected chi connectivity index (χ3v) is 3.77. The number of esters is 1. The van der Waals surface area contributed by atoms with Crippen LogP contribution < -0.4 is 10.1 Å². The Labute approximate surface area is 150 Å². The summed E-state index contributed by atoms with van der Waals surface area (Å²) in [6.07, 6.45) is 2.91. The molecule has 0 saturated heterocycles. The molecule has 1 heterocycles. The lowest BCUT2D eigenvalue weighted by molar-refractivity contribution is -0.141. The number of hydrogen-bond acceptors (Lipinski definition) is 8. The summed E-state index contributed by atoms with van der Waals surface area (Å²) in [5.41, 5.74) is 0.971. The van der Waals surface area contributed by atoms with Crippen LogP contribution in [0.4, 0.5) is 11.5 Å². The molecule has 0 spiro atoms. The summed E-state index contributed by atoms with van der Waals surface area (Å²) >= 11 is 1.36. The Balaban J connectivity index is 2.27. The number of aromatic nitrogens is 2. The van der Waals surface area contributed by atoms with E-state index in [1.54, 1.807) is 38.3 Å². The summed E-state index contributed by atoms with van der Waals surface area (Å²) in [5.74, 6) is 0.0921. The average Bonchev–Trinajstić information content (AvgIpc) is 2.62. The van der Waals surface area contributed by atoms with Crippen LogP contribution in [0.25, 0.3) is 0 Å². The van der Waals surface area contributed by atoms with Crippen LogP contribution in [0.2, 0.25) is 0 Å². The van der Waals surface area contributed by atoms with Crippen LogP contribution in [0.5, 0.6) is 5.75 Å². The Kier molecular flexibility index (Phi) is 6.76. The third-order valence-electron chi connectivity index (χ3n) is 3.21. The van der Waals surface area contributed by atoms with Crippen molar-refractivity contribution in [3.63, 3.8) is 0 Å². The number of nitrogens with one attached hydrogen (secondary N) is 1. The smallest absolute Gasteiger partial charge is 0.313 e. The second kappa shape index (κ2) is 9.03. The van der Waals surface area contributed by atoms with Gasteiger partial charge < -0.3 is 14.8 Å². The molecule has 25 heavy (non-hydrogen) atoms. The number of anilines is 2. The quantitative estimate of drug-likeness (QED) is 0.252. The van der Waals surface area contributed by atoms with Crippen LogP contribution in [0.15, 0.2) is 35.6 Å². The van der Waals surface area contributed by atoms with Gasteiger partial charge in [-0.05, 0) is 37.4 Å². The molecular formula is C17H19N3O4S. The van der Waals surface area contributed by atoms with Crippen molar-refractivity contribution in [2.75, 3.05) is 25.3 Å². The third kappa shape index (κ3) is 5.18. The first-order chi connectivity index (χ1) is 12.1. The van der Waals surface area contributed by atoms with E-state index >= 15 is 0 Å². The first kappa shape index (κ1) is 18.7. The molecule has 0 atom stereocenters. The Hall–Kier alpha value is -2.61. The highest BCUT2D eigenvalue weighted by molar-refractivity contribution is 7.98. The summed E-state index contributed by atoms with van der Waals surface area (Å²) in [4.78, 5) is 32.4. The predicted molar refractivity (Wildman–Crippen MR) is 95.7 cm³/mol. The lowest BCUT2D eigenvalue weighted by atomic mass is 10.1. The van der Waals surface area contributed by atoms with Crippen LogP contribution in [0, 0.1) is 0 Å². The van der Waals surface area contributed by atoms with Gasteiger partial charge in [0.2, 0.25) is 0 Å². The van der Waals surface area contributed by atoms with E-state index in [1.165, 1.54) is 18.0 Å². The van der Waals surface area contributed by atoms with Gasteiger partial charge in [0.25, 0.3) is 0 Å². The van der Waals surface area contributed by atoms with Gasteiger partial charge in [-0.3, -0.25) is 9.59 Å². The Morgan fingerprint density at radius 3 is 2.56 bits per heavy atom. The normalized spacial score (nSPS) is 10.2. The number of nitrogens with zero attached hydrogens (tertiary/aromatic N) is 2. The monoisotopic (exact) mass is 361 g/mol. The fourth-order valence-electron chi connectivity index (χ4n) is 2.01. The van der Waals surface area contributed by atoms with Crippen LogP contribution in [0.3, 0.4) is 0 Å². The summed E-state index contributed by atoms with van der Waals surface area (Å²) < 4.78 is 9.95. The number of benzene rings is 1. The minimum absolute atomic E-state index is 0.227. The van der Waals surface area contributed by atoms with Crippen LogP contribution in [-0.4, -0.2) is 41.7 Å². The van der Waals surface area contributed by atoms with Gasteiger partial charge in [0.1, 0.15) is 18.0 Å². The van der Waals surface area contributed by atoms with Gasteiger partial charge in [0.15, 0.2) is 10.9 Å². The molecule has 8 heteroatoms. The number of ketones is 1. The van der Waals surface area contributed by atoms with E-state index in [-0.39, 0.29) is 18.6 Å². The highest BCUT2D eigenvalue weighted by Gasteiger charge is 2.19. The van der Waals surface area contributed by atoms with Crippen molar-refractivity contribution in [2.24, 2.45) is 0 Å². The van der Waals surface area contributed by atoms with Gasteiger partial charge in [-0.15, -0.1) is 0 Å². The van der Waals surface area contributed by atoms with Crippen molar-refractivity contribution in [3.8, 4) is 5.75 Å². The Bertz CT molecular complexity index is 750. The minimum atomic E-state index is -0.572.